The molecule has 0 atom stereocenters. The number of nitrogens with one attached hydrogen (secondary N) is 2. The summed E-state index contributed by atoms with van der Waals surface area (Å²) in [7, 11) is 3.20. The number of aromatic amines is 1. The minimum absolute atomic E-state index is 0.0850. The Morgan fingerprint density at radius 2 is 1.87 bits per heavy atom. The SMILES string of the molecule is COc1cc2[nH]c3c(SCC(=O)Nc4ccc(C)cc4C)ncnc3c2cc1OC. The Bertz CT molecular complexity index is 1250. The zero-order valence-electron chi connectivity index (χ0n) is 17.2. The van der Waals surface area contributed by atoms with E-state index in [9.17, 15) is 4.79 Å². The molecule has 0 radical (unpaired) electrons. The quantitative estimate of drug-likeness (QED) is 0.352. The second kappa shape index (κ2) is 8.23. The van der Waals surface area contributed by atoms with E-state index in [4.69, 9.17) is 9.47 Å². The van der Waals surface area contributed by atoms with E-state index >= 15 is 0 Å². The first-order valence-electron chi connectivity index (χ1n) is 9.38. The predicted octanol–water partition coefficient (Wildman–Crippen LogP) is 4.48. The standard InChI is InChI=1S/C22H22N4O3S/c1-12-5-6-15(13(2)7-12)25-19(27)10-30-22-21-20(23-11-24-22)14-8-17(28-3)18(29-4)9-16(14)26-21/h5-9,11,26H,10H2,1-4H3,(H,25,27). The van der Waals surface area contributed by atoms with E-state index in [1.165, 1.54) is 18.1 Å². The average Bonchev–Trinajstić information content (AvgIpc) is 3.11. The number of hydrogen-bond donors (Lipinski definition) is 2. The van der Waals surface area contributed by atoms with Gasteiger partial charge in [0.05, 0.1) is 31.0 Å². The van der Waals surface area contributed by atoms with Crippen molar-refractivity contribution < 1.29 is 14.3 Å². The smallest absolute Gasteiger partial charge is 0.234 e. The topological polar surface area (TPSA) is 89.1 Å². The van der Waals surface area contributed by atoms with Crippen molar-refractivity contribution in [1.82, 2.24) is 15.0 Å². The summed E-state index contributed by atoms with van der Waals surface area (Å²) in [6, 6.07) is 9.72. The second-order valence-electron chi connectivity index (χ2n) is 6.94. The first kappa shape index (κ1) is 20.0. The number of carbonyl (C=O) groups excluding carboxylic acids is 1. The highest BCUT2D eigenvalue weighted by atomic mass is 32.2. The number of amides is 1. The van der Waals surface area contributed by atoms with Crippen LogP contribution in [0.3, 0.4) is 0 Å². The predicted molar refractivity (Wildman–Crippen MR) is 120 cm³/mol. The maximum absolute atomic E-state index is 12.5. The highest BCUT2D eigenvalue weighted by Gasteiger charge is 2.16. The van der Waals surface area contributed by atoms with Gasteiger partial charge in [0.15, 0.2) is 11.5 Å². The van der Waals surface area contributed by atoms with Crippen LogP contribution in [0, 0.1) is 13.8 Å². The van der Waals surface area contributed by atoms with Gasteiger partial charge in [-0.2, -0.15) is 0 Å². The van der Waals surface area contributed by atoms with Crippen LogP contribution in [-0.4, -0.2) is 40.8 Å². The number of H-pyrrole nitrogens is 1. The molecular weight excluding hydrogens is 400 g/mol. The van der Waals surface area contributed by atoms with Crippen molar-refractivity contribution in [2.24, 2.45) is 0 Å². The first-order chi connectivity index (χ1) is 14.5. The molecule has 4 aromatic rings. The fourth-order valence-electron chi connectivity index (χ4n) is 3.38. The second-order valence-corrected chi connectivity index (χ2v) is 7.90. The molecule has 0 aliphatic heterocycles. The number of thioether (sulfide) groups is 1. The van der Waals surface area contributed by atoms with Crippen LogP contribution in [0.15, 0.2) is 41.7 Å². The summed E-state index contributed by atoms with van der Waals surface area (Å²) in [5.41, 5.74) is 5.45. The number of aromatic nitrogens is 3. The van der Waals surface area contributed by atoms with Crippen molar-refractivity contribution in [3.63, 3.8) is 0 Å². The molecule has 4 rings (SSSR count). The summed E-state index contributed by atoms with van der Waals surface area (Å²) in [6.45, 7) is 4.01. The summed E-state index contributed by atoms with van der Waals surface area (Å²) in [5, 5.41) is 4.59. The molecule has 154 valence electrons. The third-order valence-electron chi connectivity index (χ3n) is 4.85. The largest absolute Gasteiger partial charge is 0.493 e. The lowest BCUT2D eigenvalue weighted by atomic mass is 10.1. The third kappa shape index (κ3) is 3.78. The number of fused-ring (bicyclic) bond motifs is 3. The number of hydrogen-bond acceptors (Lipinski definition) is 6. The van der Waals surface area contributed by atoms with Crippen LogP contribution in [0.2, 0.25) is 0 Å². The van der Waals surface area contributed by atoms with Gasteiger partial charge < -0.3 is 19.8 Å². The molecule has 2 aromatic carbocycles. The maximum atomic E-state index is 12.5. The number of aryl methyl sites for hydroxylation is 2. The molecule has 0 saturated carbocycles. The average molecular weight is 423 g/mol. The normalized spacial score (nSPS) is 11.1. The zero-order chi connectivity index (χ0) is 21.3. The Labute approximate surface area is 178 Å². The van der Waals surface area contributed by atoms with Crippen molar-refractivity contribution in [3.8, 4) is 11.5 Å². The Kier molecular flexibility index (Phi) is 5.50. The van der Waals surface area contributed by atoms with E-state index in [2.05, 4.69) is 20.3 Å². The third-order valence-corrected chi connectivity index (χ3v) is 5.84. The van der Waals surface area contributed by atoms with Gasteiger partial charge in [0, 0.05) is 17.1 Å². The molecule has 1 amide bonds. The molecule has 2 aromatic heterocycles. The number of benzene rings is 2. The van der Waals surface area contributed by atoms with Crippen LogP contribution in [0.25, 0.3) is 21.9 Å². The Hall–Kier alpha value is -3.26. The van der Waals surface area contributed by atoms with Gasteiger partial charge in [-0.3, -0.25) is 4.79 Å². The molecule has 0 unspecified atom stereocenters. The summed E-state index contributed by atoms with van der Waals surface area (Å²) in [6.07, 6.45) is 1.51. The number of anilines is 1. The molecule has 2 heterocycles. The summed E-state index contributed by atoms with van der Waals surface area (Å²) >= 11 is 1.36. The van der Waals surface area contributed by atoms with Crippen LogP contribution in [0.5, 0.6) is 11.5 Å². The minimum atomic E-state index is -0.0850. The molecular formula is C22H22N4O3S. The van der Waals surface area contributed by atoms with Crippen LogP contribution in [0.1, 0.15) is 11.1 Å². The maximum Gasteiger partial charge on any atom is 0.234 e. The van der Waals surface area contributed by atoms with E-state index in [0.29, 0.717) is 16.5 Å². The molecule has 8 heteroatoms. The van der Waals surface area contributed by atoms with E-state index in [-0.39, 0.29) is 11.7 Å². The van der Waals surface area contributed by atoms with Gasteiger partial charge in [0.1, 0.15) is 16.9 Å². The lowest BCUT2D eigenvalue weighted by Crippen LogP contribution is -2.15. The number of carbonyl (C=O) groups is 1. The summed E-state index contributed by atoms with van der Waals surface area (Å²) < 4.78 is 10.8. The lowest BCUT2D eigenvalue weighted by molar-refractivity contribution is -0.113. The molecule has 0 fully saturated rings. The minimum Gasteiger partial charge on any atom is -0.493 e. The monoisotopic (exact) mass is 422 g/mol. The highest BCUT2D eigenvalue weighted by Crippen LogP contribution is 2.36. The van der Waals surface area contributed by atoms with Crippen LogP contribution in [-0.2, 0) is 4.79 Å². The van der Waals surface area contributed by atoms with Gasteiger partial charge in [-0.1, -0.05) is 29.5 Å². The zero-order valence-corrected chi connectivity index (χ0v) is 18.0. The molecule has 0 saturated heterocycles. The molecule has 2 N–H and O–H groups in total. The molecule has 0 aliphatic rings. The Morgan fingerprint density at radius 3 is 2.60 bits per heavy atom. The summed E-state index contributed by atoms with van der Waals surface area (Å²) in [5.74, 6) is 1.41. The van der Waals surface area contributed by atoms with E-state index in [0.717, 1.165) is 38.8 Å². The lowest BCUT2D eigenvalue weighted by Gasteiger charge is -2.09. The molecule has 30 heavy (non-hydrogen) atoms. The highest BCUT2D eigenvalue weighted by molar-refractivity contribution is 8.00. The molecule has 0 aliphatic carbocycles. The van der Waals surface area contributed by atoms with Crippen LogP contribution in [0.4, 0.5) is 5.69 Å². The van der Waals surface area contributed by atoms with Crippen LogP contribution >= 0.6 is 11.8 Å². The number of rotatable bonds is 6. The van der Waals surface area contributed by atoms with Crippen molar-refractivity contribution in [1.29, 1.82) is 0 Å². The van der Waals surface area contributed by atoms with E-state index in [1.54, 1.807) is 14.2 Å². The van der Waals surface area contributed by atoms with E-state index in [1.807, 2.05) is 44.2 Å². The van der Waals surface area contributed by atoms with Gasteiger partial charge >= 0.3 is 0 Å². The van der Waals surface area contributed by atoms with Crippen molar-refractivity contribution >= 4 is 45.3 Å². The summed E-state index contributed by atoms with van der Waals surface area (Å²) in [4.78, 5) is 24.6. The van der Waals surface area contributed by atoms with E-state index < -0.39 is 0 Å². The molecule has 7 nitrogen and oxygen atoms in total. The van der Waals surface area contributed by atoms with Crippen molar-refractivity contribution in [3.05, 3.63) is 47.8 Å². The van der Waals surface area contributed by atoms with Gasteiger partial charge in [0.25, 0.3) is 0 Å². The Morgan fingerprint density at radius 1 is 1.10 bits per heavy atom. The molecule has 0 spiro atoms. The van der Waals surface area contributed by atoms with Crippen LogP contribution < -0.4 is 14.8 Å². The van der Waals surface area contributed by atoms with Gasteiger partial charge in [-0.25, -0.2) is 9.97 Å². The Balaban J connectivity index is 1.59. The fraction of sp³-hybridized carbons (Fsp3) is 0.227. The van der Waals surface area contributed by atoms with Gasteiger partial charge in [0.2, 0.25) is 5.91 Å². The number of methoxy groups -OCH3 is 2. The van der Waals surface area contributed by atoms with Gasteiger partial charge in [-0.05, 0) is 31.5 Å². The van der Waals surface area contributed by atoms with Gasteiger partial charge in [-0.15, -0.1) is 0 Å². The number of ether oxygens (including phenoxy) is 2. The number of nitrogens with zero attached hydrogens (tertiary/aromatic N) is 2. The first-order valence-corrected chi connectivity index (χ1v) is 10.4. The molecule has 0 bridgehead atoms. The van der Waals surface area contributed by atoms with Crippen molar-refractivity contribution in [2.45, 2.75) is 18.9 Å². The van der Waals surface area contributed by atoms with Crippen molar-refractivity contribution in [2.75, 3.05) is 25.3 Å². The fourth-order valence-corrected chi connectivity index (χ4v) is 4.14.